The Hall–Kier alpha value is -2.76. The van der Waals surface area contributed by atoms with Crippen molar-refractivity contribution in [2.45, 2.75) is 217 Å². The van der Waals surface area contributed by atoms with Crippen LogP contribution in [0, 0.1) is 59.2 Å². The lowest BCUT2D eigenvalue weighted by molar-refractivity contribution is -0.390. The van der Waals surface area contributed by atoms with E-state index in [4.69, 9.17) is 38.5 Å². The molecule has 0 radical (unpaired) electrons. The van der Waals surface area contributed by atoms with Crippen LogP contribution in [-0.4, -0.2) is 107 Å². The lowest BCUT2D eigenvalue weighted by Gasteiger charge is -2.57. The van der Waals surface area contributed by atoms with Crippen molar-refractivity contribution in [2.75, 3.05) is 39.3 Å². The van der Waals surface area contributed by atoms with Crippen LogP contribution in [-0.2, 0) is 48.1 Å². The molecule has 0 aromatic rings. The Morgan fingerprint density at radius 3 is 1.10 bits per heavy atom. The molecule has 0 unspecified atom stereocenters. The number of carbonyl (C=O) groups is 4. The van der Waals surface area contributed by atoms with Gasteiger partial charge in [-0.25, -0.2) is 9.59 Å². The Morgan fingerprint density at radius 2 is 0.786 bits per heavy atom. The number of unbranched alkanes of at least 4 members (excludes halogenated alkanes) is 1. The van der Waals surface area contributed by atoms with Crippen LogP contribution >= 0.6 is 0 Å². The second kappa shape index (κ2) is 19.8. The molecule has 2 aliphatic heterocycles. The Labute approximate surface area is 416 Å². The Morgan fingerprint density at radius 1 is 0.471 bits per heavy atom. The highest BCUT2D eigenvalue weighted by Gasteiger charge is 2.68. The molecule has 4 spiro atoms. The first kappa shape index (κ1) is 50.8. The maximum absolute atomic E-state index is 13.4. The van der Waals surface area contributed by atoms with Crippen LogP contribution in [0.15, 0.2) is 0 Å². The van der Waals surface area contributed by atoms with Crippen molar-refractivity contribution >= 4 is 24.0 Å². The minimum absolute atomic E-state index is 0.0280. The topological polar surface area (TPSA) is 173 Å². The van der Waals surface area contributed by atoms with Gasteiger partial charge in [0.2, 0.25) is 35.0 Å². The number of hydrogen-bond donors (Lipinski definition) is 2. The molecule has 16 heteroatoms. The van der Waals surface area contributed by atoms with Crippen molar-refractivity contribution in [1.82, 2.24) is 20.4 Å². The lowest BCUT2D eigenvalue weighted by atomic mass is 9.53. The predicted molar refractivity (Wildman–Crippen MR) is 256 cm³/mol. The van der Waals surface area contributed by atoms with Crippen molar-refractivity contribution in [3.8, 4) is 0 Å². The van der Waals surface area contributed by atoms with Crippen LogP contribution in [0.3, 0.4) is 0 Å². The molecule has 12 rings (SSSR count). The van der Waals surface area contributed by atoms with Crippen molar-refractivity contribution in [1.29, 1.82) is 0 Å². The van der Waals surface area contributed by atoms with Crippen LogP contribution in [0.2, 0.25) is 0 Å². The third-order valence-corrected chi connectivity index (χ3v) is 18.3. The fraction of sp³-hybridized carbons (Fsp3) is 0.926. The van der Waals surface area contributed by atoms with Crippen LogP contribution < -0.4 is 10.6 Å². The highest BCUT2D eigenvalue weighted by atomic mass is 17.3. The zero-order chi connectivity index (χ0) is 49.1. The van der Waals surface area contributed by atoms with Crippen molar-refractivity contribution in [3.63, 3.8) is 0 Å². The number of amides is 4. The number of nitrogens with zero attached hydrogens (tertiary/aromatic N) is 2. The van der Waals surface area contributed by atoms with E-state index in [1.165, 1.54) is 64.2 Å². The largest absolute Gasteiger partial charge is 0.444 e. The number of hydrogen-bond acceptors (Lipinski definition) is 12. The average molecular weight is 983 g/mol. The summed E-state index contributed by atoms with van der Waals surface area (Å²) in [7, 11) is 0. The standard InChI is InChI=1S/C54H86N4O12/c1-49(2,3)63-47(61)57(23-9-19-55-45(59)39-11-15-51(16-12-39)65-53(69-67-51)41-27-35-25-36(29-41)30-42(53)28-35)21-7-8-22-58(48(62)64-50(4,5)6)24-10-20-56-46(60)40-13-17-52(18-14-40)66-54(70-68-52)43-31-37-26-38(33-43)34-44(54)32-37/h35-44H,7-34H2,1-6H3,(H,55,59)(H,56,60). The monoisotopic (exact) mass is 983 g/mol. The molecule has 0 aromatic heterocycles. The molecule has 394 valence electrons. The molecule has 70 heavy (non-hydrogen) atoms. The second-order valence-electron chi connectivity index (χ2n) is 25.9. The van der Waals surface area contributed by atoms with E-state index in [-0.39, 0.29) is 23.7 Å². The highest BCUT2D eigenvalue weighted by molar-refractivity contribution is 5.79. The predicted octanol–water partition coefficient (Wildman–Crippen LogP) is 9.29. The molecule has 0 atom stereocenters. The SMILES string of the molecule is CC(C)(C)OC(=O)N(CCCCN(CCCNC(=O)C1CCC2(CC1)OOC1(O2)C2CC3CC(C2)CC1C3)C(=O)OC(C)(C)C)CCCNC(=O)C1CCC2(CC1)OOC1(O2)C2CC3CC(C2)CC1C3. The zero-order valence-corrected chi connectivity index (χ0v) is 43.4. The lowest BCUT2D eigenvalue weighted by Crippen LogP contribution is -2.59. The molecule has 12 aliphatic rings. The van der Waals surface area contributed by atoms with Gasteiger partial charge in [-0.3, -0.25) is 9.59 Å². The minimum Gasteiger partial charge on any atom is -0.444 e. The van der Waals surface area contributed by atoms with E-state index in [2.05, 4.69) is 10.6 Å². The van der Waals surface area contributed by atoms with Gasteiger partial charge in [-0.15, -0.1) is 0 Å². The number of rotatable bonds is 15. The fourth-order valence-corrected chi connectivity index (χ4v) is 15.3. The summed E-state index contributed by atoms with van der Waals surface area (Å²) in [5.74, 6) is 1.97. The zero-order valence-electron chi connectivity index (χ0n) is 43.4. The Balaban J connectivity index is 0.637. The first-order valence-corrected chi connectivity index (χ1v) is 28.0. The summed E-state index contributed by atoms with van der Waals surface area (Å²) in [6, 6.07) is 0. The second-order valence-corrected chi connectivity index (χ2v) is 25.9. The summed E-state index contributed by atoms with van der Waals surface area (Å²) >= 11 is 0. The van der Waals surface area contributed by atoms with Gasteiger partial charge in [0.15, 0.2) is 0 Å². The summed E-state index contributed by atoms with van der Waals surface area (Å²) in [5.41, 5.74) is -1.33. The Kier molecular flexibility index (Phi) is 14.4. The quantitative estimate of drug-likeness (QED) is 0.118. The number of carbonyl (C=O) groups excluding carboxylic acids is 4. The molecule has 12 fully saturated rings. The van der Waals surface area contributed by atoms with E-state index in [1.807, 2.05) is 41.5 Å². The summed E-state index contributed by atoms with van der Waals surface area (Å²) in [6.07, 6.45) is 19.0. The Bertz CT molecular complexity index is 1710. The van der Waals surface area contributed by atoms with Crippen LogP contribution in [0.1, 0.15) is 183 Å². The molecule has 16 nitrogen and oxygen atoms in total. The van der Waals surface area contributed by atoms with Gasteiger partial charge < -0.3 is 39.4 Å². The first-order chi connectivity index (χ1) is 33.3. The van der Waals surface area contributed by atoms with E-state index in [0.29, 0.717) is 140 Å². The maximum atomic E-state index is 13.4. The summed E-state index contributed by atoms with van der Waals surface area (Å²) in [5, 5.41) is 6.27. The van der Waals surface area contributed by atoms with Gasteiger partial charge >= 0.3 is 12.2 Å². The normalized spacial score (nSPS) is 40.1. The van der Waals surface area contributed by atoms with Gasteiger partial charge in [0.05, 0.1) is 0 Å². The van der Waals surface area contributed by atoms with E-state index in [9.17, 15) is 19.2 Å². The highest BCUT2D eigenvalue weighted by Crippen LogP contribution is 2.65. The third-order valence-electron chi connectivity index (χ3n) is 18.3. The van der Waals surface area contributed by atoms with Crippen molar-refractivity contribution in [2.24, 2.45) is 59.2 Å². The number of ether oxygens (including phenoxy) is 4. The van der Waals surface area contributed by atoms with Gasteiger partial charge in [0.25, 0.3) is 0 Å². The number of nitrogens with one attached hydrogen (secondary N) is 2. The maximum Gasteiger partial charge on any atom is 0.410 e. The molecule has 2 N–H and O–H groups in total. The minimum atomic E-state index is -0.752. The van der Waals surface area contributed by atoms with Crippen LogP contribution in [0.5, 0.6) is 0 Å². The molecule has 2 heterocycles. The van der Waals surface area contributed by atoms with Gasteiger partial charge in [0.1, 0.15) is 11.2 Å². The van der Waals surface area contributed by atoms with Crippen molar-refractivity contribution in [3.05, 3.63) is 0 Å². The van der Waals surface area contributed by atoms with Gasteiger partial charge in [-0.2, -0.15) is 19.6 Å². The smallest absolute Gasteiger partial charge is 0.410 e. The van der Waals surface area contributed by atoms with Gasteiger partial charge in [-0.1, -0.05) is 0 Å². The summed E-state index contributed by atoms with van der Waals surface area (Å²) in [6.45, 7) is 13.7. The average Bonchev–Trinajstić information content (AvgIpc) is 3.85. The fourth-order valence-electron chi connectivity index (χ4n) is 15.3. The molecule has 0 aromatic carbocycles. The molecular formula is C54H86N4O12. The van der Waals surface area contributed by atoms with E-state index >= 15 is 0 Å². The van der Waals surface area contributed by atoms with Crippen molar-refractivity contribution < 1.29 is 57.7 Å². The van der Waals surface area contributed by atoms with Gasteiger partial charge in [0, 0.05) is 100 Å². The van der Waals surface area contributed by atoms with Crippen LogP contribution in [0.4, 0.5) is 9.59 Å². The van der Waals surface area contributed by atoms with Gasteiger partial charge in [-0.05, 0) is 181 Å². The molecule has 10 aliphatic carbocycles. The molecular weight excluding hydrogens is 897 g/mol. The first-order valence-electron chi connectivity index (χ1n) is 28.0. The molecule has 4 amide bonds. The van der Waals surface area contributed by atoms with E-state index < -0.39 is 46.5 Å². The van der Waals surface area contributed by atoms with Crippen LogP contribution in [0.25, 0.3) is 0 Å². The molecule has 8 bridgehead atoms. The summed E-state index contributed by atoms with van der Waals surface area (Å²) < 4.78 is 25.3. The molecule has 2 saturated heterocycles. The van der Waals surface area contributed by atoms with E-state index in [1.54, 1.807) is 9.80 Å². The third kappa shape index (κ3) is 10.8. The van der Waals surface area contributed by atoms with E-state index in [0.717, 1.165) is 23.7 Å². The summed E-state index contributed by atoms with van der Waals surface area (Å²) in [4.78, 5) is 81.6. The molecule has 10 saturated carbocycles.